The smallest absolute Gasteiger partial charge is 0.347 e. The van der Waals surface area contributed by atoms with Crippen LogP contribution in [0.3, 0.4) is 0 Å². The van der Waals surface area contributed by atoms with Crippen molar-refractivity contribution < 1.29 is 9.21 Å². The largest absolute Gasteiger partial charge is 0.422 e. The van der Waals surface area contributed by atoms with Crippen LogP contribution in [0.2, 0.25) is 0 Å². The number of hydrogen-bond acceptors (Lipinski definition) is 4. The van der Waals surface area contributed by atoms with Gasteiger partial charge in [0.1, 0.15) is 11.1 Å². The molecule has 0 bridgehead atoms. The molecule has 110 valence electrons. The Morgan fingerprint density at radius 3 is 2.91 bits per heavy atom. The van der Waals surface area contributed by atoms with E-state index in [2.05, 4.69) is 21.0 Å². The summed E-state index contributed by atoms with van der Waals surface area (Å²) in [5.41, 5.74) is 0.589. The quantitative estimate of drug-likeness (QED) is 0.409. The number of aryl methyl sites for hydroxylation is 1. The van der Waals surface area contributed by atoms with Gasteiger partial charge in [-0.05, 0) is 36.4 Å². The first-order valence-electron chi connectivity index (χ1n) is 6.47. The summed E-state index contributed by atoms with van der Waals surface area (Å²) in [4.78, 5) is 24.1. The van der Waals surface area contributed by atoms with E-state index >= 15 is 0 Å². The number of rotatable bonds is 3. The minimum Gasteiger partial charge on any atom is -0.422 e. The van der Waals surface area contributed by atoms with Gasteiger partial charge in [-0.1, -0.05) is 15.9 Å². The lowest BCUT2D eigenvalue weighted by Crippen LogP contribution is -2.11. The normalized spacial score (nSPS) is 11.4. The average Bonchev–Trinajstić information content (AvgIpc) is 2.90. The van der Waals surface area contributed by atoms with Gasteiger partial charge in [0.15, 0.2) is 5.78 Å². The SMILES string of the molecule is Cn1cc(/C=C/C(=O)c2cc3cc(Br)ccc3oc2=O)cn1. The number of carbonyl (C=O) groups excluding carboxylic acids is 1. The zero-order chi connectivity index (χ0) is 15.7. The molecule has 0 radical (unpaired) electrons. The molecular formula is C16H11BrN2O3. The van der Waals surface area contributed by atoms with Gasteiger partial charge in [0.25, 0.3) is 0 Å². The van der Waals surface area contributed by atoms with E-state index in [0.29, 0.717) is 11.0 Å². The molecule has 0 spiro atoms. The Bertz CT molecular complexity index is 953. The highest BCUT2D eigenvalue weighted by atomic mass is 79.9. The van der Waals surface area contributed by atoms with Crippen LogP contribution < -0.4 is 5.63 Å². The molecule has 5 nitrogen and oxygen atoms in total. The van der Waals surface area contributed by atoms with E-state index in [0.717, 1.165) is 10.0 Å². The van der Waals surface area contributed by atoms with E-state index in [1.807, 2.05) is 0 Å². The van der Waals surface area contributed by atoms with Crippen molar-refractivity contribution in [2.45, 2.75) is 0 Å². The number of aromatic nitrogens is 2. The first-order chi connectivity index (χ1) is 10.5. The number of ketones is 1. The fourth-order valence-corrected chi connectivity index (χ4v) is 2.43. The minimum atomic E-state index is -0.643. The molecule has 1 aromatic carbocycles. The molecule has 0 saturated heterocycles. The highest BCUT2D eigenvalue weighted by Crippen LogP contribution is 2.19. The van der Waals surface area contributed by atoms with Crippen molar-refractivity contribution in [3.8, 4) is 0 Å². The van der Waals surface area contributed by atoms with Gasteiger partial charge in [-0.25, -0.2) is 4.79 Å². The molecular weight excluding hydrogens is 348 g/mol. The van der Waals surface area contributed by atoms with E-state index < -0.39 is 11.4 Å². The fraction of sp³-hybridized carbons (Fsp3) is 0.0625. The maximum Gasteiger partial charge on any atom is 0.347 e. The molecule has 3 rings (SSSR count). The standard InChI is InChI=1S/C16H11BrN2O3/c1-19-9-10(8-18-19)2-4-14(20)13-7-11-6-12(17)3-5-15(11)22-16(13)21/h2-9H,1H3/b4-2+. The highest BCUT2D eigenvalue weighted by Gasteiger charge is 2.11. The van der Waals surface area contributed by atoms with Crippen LogP contribution in [0.15, 0.2) is 56.4 Å². The number of carbonyl (C=O) groups is 1. The number of nitrogens with zero attached hydrogens (tertiary/aromatic N) is 2. The Kier molecular flexibility index (Phi) is 3.77. The van der Waals surface area contributed by atoms with E-state index in [1.165, 1.54) is 6.08 Å². The third-order valence-electron chi connectivity index (χ3n) is 3.11. The summed E-state index contributed by atoms with van der Waals surface area (Å²) < 4.78 is 7.65. The molecule has 22 heavy (non-hydrogen) atoms. The summed E-state index contributed by atoms with van der Waals surface area (Å²) in [7, 11) is 1.79. The zero-order valence-corrected chi connectivity index (χ0v) is 13.2. The van der Waals surface area contributed by atoms with Crippen molar-refractivity contribution in [1.29, 1.82) is 0 Å². The van der Waals surface area contributed by atoms with Crippen molar-refractivity contribution in [3.05, 3.63) is 68.8 Å². The maximum absolute atomic E-state index is 12.2. The Morgan fingerprint density at radius 2 is 2.18 bits per heavy atom. The van der Waals surface area contributed by atoms with Gasteiger partial charge in [-0.3, -0.25) is 9.48 Å². The Hall–Kier alpha value is -2.47. The molecule has 0 N–H and O–H groups in total. The first-order valence-corrected chi connectivity index (χ1v) is 7.27. The van der Waals surface area contributed by atoms with Crippen LogP contribution in [0.4, 0.5) is 0 Å². The molecule has 0 amide bonds. The van der Waals surface area contributed by atoms with Gasteiger partial charge >= 0.3 is 5.63 Å². The fourth-order valence-electron chi connectivity index (χ4n) is 2.05. The molecule has 2 heterocycles. The van der Waals surface area contributed by atoms with Crippen molar-refractivity contribution in [2.75, 3.05) is 0 Å². The zero-order valence-electron chi connectivity index (χ0n) is 11.6. The Balaban J connectivity index is 1.98. The highest BCUT2D eigenvalue weighted by molar-refractivity contribution is 9.10. The van der Waals surface area contributed by atoms with Gasteiger partial charge in [-0.2, -0.15) is 5.10 Å². The predicted molar refractivity (Wildman–Crippen MR) is 86.8 cm³/mol. The maximum atomic E-state index is 12.2. The van der Waals surface area contributed by atoms with Gasteiger partial charge in [0.05, 0.1) is 6.20 Å². The summed E-state index contributed by atoms with van der Waals surface area (Å²) in [6.45, 7) is 0. The van der Waals surface area contributed by atoms with Crippen molar-refractivity contribution in [2.24, 2.45) is 7.05 Å². The molecule has 6 heteroatoms. The number of halogens is 1. The lowest BCUT2D eigenvalue weighted by molar-refractivity contribution is 0.104. The topological polar surface area (TPSA) is 65.1 Å². The second-order valence-electron chi connectivity index (χ2n) is 4.77. The second-order valence-corrected chi connectivity index (χ2v) is 5.69. The van der Waals surface area contributed by atoms with Gasteiger partial charge in [0, 0.05) is 28.7 Å². The Morgan fingerprint density at radius 1 is 1.36 bits per heavy atom. The lowest BCUT2D eigenvalue weighted by atomic mass is 10.1. The van der Waals surface area contributed by atoms with Crippen LogP contribution in [-0.4, -0.2) is 15.6 Å². The van der Waals surface area contributed by atoms with Crippen LogP contribution in [0.1, 0.15) is 15.9 Å². The minimum absolute atomic E-state index is 0.00532. The molecule has 3 aromatic rings. The molecule has 0 unspecified atom stereocenters. The molecule has 2 aromatic heterocycles. The van der Waals surface area contributed by atoms with E-state index in [4.69, 9.17) is 4.42 Å². The summed E-state index contributed by atoms with van der Waals surface area (Å²) in [6, 6.07) is 6.79. The molecule has 0 aliphatic carbocycles. The summed E-state index contributed by atoms with van der Waals surface area (Å²) in [5.74, 6) is -0.403. The van der Waals surface area contributed by atoms with Crippen molar-refractivity contribution in [1.82, 2.24) is 9.78 Å². The lowest BCUT2D eigenvalue weighted by Gasteiger charge is -1.99. The van der Waals surface area contributed by atoms with Gasteiger partial charge in [-0.15, -0.1) is 0 Å². The molecule has 0 aliphatic heterocycles. The van der Waals surface area contributed by atoms with Gasteiger partial charge < -0.3 is 4.42 Å². The monoisotopic (exact) mass is 358 g/mol. The van der Waals surface area contributed by atoms with E-state index in [9.17, 15) is 9.59 Å². The van der Waals surface area contributed by atoms with Gasteiger partial charge in [0.2, 0.25) is 0 Å². The third kappa shape index (κ3) is 2.92. The molecule has 0 saturated carbocycles. The number of allylic oxidation sites excluding steroid dienone is 1. The van der Waals surface area contributed by atoms with Crippen molar-refractivity contribution in [3.63, 3.8) is 0 Å². The van der Waals surface area contributed by atoms with Crippen LogP contribution in [0, 0.1) is 0 Å². The predicted octanol–water partition coefficient (Wildman–Crippen LogP) is 3.19. The third-order valence-corrected chi connectivity index (χ3v) is 3.60. The van der Waals surface area contributed by atoms with E-state index in [-0.39, 0.29) is 5.56 Å². The van der Waals surface area contributed by atoms with Crippen LogP contribution in [0.5, 0.6) is 0 Å². The summed E-state index contributed by atoms with van der Waals surface area (Å²) >= 11 is 3.35. The number of hydrogen-bond donors (Lipinski definition) is 0. The molecule has 0 aliphatic rings. The van der Waals surface area contributed by atoms with Crippen molar-refractivity contribution >= 4 is 38.8 Å². The van der Waals surface area contributed by atoms with Crippen LogP contribution >= 0.6 is 15.9 Å². The Labute approximate surface area is 134 Å². The van der Waals surface area contributed by atoms with Crippen LogP contribution in [0.25, 0.3) is 17.0 Å². The first kappa shape index (κ1) is 14.5. The van der Waals surface area contributed by atoms with Crippen LogP contribution in [-0.2, 0) is 7.05 Å². The molecule has 0 atom stereocenters. The number of benzene rings is 1. The van der Waals surface area contributed by atoms with E-state index in [1.54, 1.807) is 54.5 Å². The summed E-state index contributed by atoms with van der Waals surface area (Å²) in [6.07, 6.45) is 6.35. The average molecular weight is 359 g/mol. The number of fused-ring (bicyclic) bond motifs is 1. The summed E-state index contributed by atoms with van der Waals surface area (Å²) in [5, 5.41) is 4.69. The second kappa shape index (κ2) is 5.73. The molecule has 0 fully saturated rings.